The van der Waals surface area contributed by atoms with Crippen molar-refractivity contribution in [1.82, 2.24) is 0 Å². The van der Waals surface area contributed by atoms with Crippen LogP contribution >= 0.6 is 11.6 Å². The molecule has 0 saturated heterocycles. The van der Waals surface area contributed by atoms with Crippen molar-refractivity contribution in [3.63, 3.8) is 0 Å². The Labute approximate surface area is 447 Å². The van der Waals surface area contributed by atoms with E-state index in [2.05, 4.69) is 125 Å². The lowest BCUT2D eigenvalue weighted by Gasteiger charge is -2.06. The fourth-order valence-electron chi connectivity index (χ4n) is 6.84. The Bertz CT molecular complexity index is 434. The average Bonchev–Trinajstić information content (AvgIpc) is 3.35. The highest BCUT2D eigenvalue weighted by Gasteiger charge is 2.01. The molecule has 1 heteroatoms. The Balaban J connectivity index is -0.0000000829. The lowest BCUT2D eigenvalue weighted by molar-refractivity contribution is 0.577. The molecule has 0 aromatic rings. The quantitative estimate of drug-likeness (QED) is 0.0424. The monoisotopic (exact) mass is 991 g/mol. The van der Waals surface area contributed by atoms with Gasteiger partial charge in [-0.1, -0.05) is 420 Å². The van der Waals surface area contributed by atoms with Gasteiger partial charge in [-0.15, -0.1) is 11.6 Å². The summed E-state index contributed by atoms with van der Waals surface area (Å²) in [6, 6.07) is 0. The van der Waals surface area contributed by atoms with Crippen LogP contribution in [0.4, 0.5) is 0 Å². The summed E-state index contributed by atoms with van der Waals surface area (Å²) in [7, 11) is 0. The van der Waals surface area contributed by atoms with Crippen LogP contribution in [0.5, 0.6) is 0 Å². The van der Waals surface area contributed by atoms with Crippen molar-refractivity contribution in [2.45, 2.75) is 438 Å². The van der Waals surface area contributed by atoms with Gasteiger partial charge in [-0.2, -0.15) is 0 Å². The molecule has 0 bridgehead atoms. The van der Waals surface area contributed by atoms with Gasteiger partial charge in [0.05, 0.1) is 0 Å². The van der Waals surface area contributed by atoms with Gasteiger partial charge in [0.2, 0.25) is 0 Å². The van der Waals surface area contributed by atoms with Gasteiger partial charge in [0, 0.05) is 5.38 Å². The third kappa shape index (κ3) is 158. The normalized spacial score (nSPS) is 10.1. The molecule has 0 spiro atoms. The van der Waals surface area contributed by atoms with E-state index in [1.54, 1.807) is 0 Å². The Morgan fingerprint density at radius 2 is 0.265 bits per heavy atom. The number of hydrogen-bond acceptors (Lipinski definition) is 0. The minimum Gasteiger partial charge on any atom is -0.123 e. The summed E-state index contributed by atoms with van der Waals surface area (Å²) in [5.41, 5.74) is 0. The summed E-state index contributed by atoms with van der Waals surface area (Å²) < 4.78 is 0. The highest BCUT2D eigenvalue weighted by molar-refractivity contribution is 6.20. The summed E-state index contributed by atoms with van der Waals surface area (Å²) in [6.45, 7) is 40.4. The number of unbranched alkanes of at least 4 members (excludes halogenated alkanes) is 36. The maximum absolute atomic E-state index is 6.09. The number of halogens is 1. The summed E-state index contributed by atoms with van der Waals surface area (Å²) in [5, 5.41) is 0.441. The van der Waals surface area contributed by atoms with Crippen LogP contribution in [0, 0.1) is 0 Å². The minimum absolute atomic E-state index is 0.441. The molecule has 0 fully saturated rings. The van der Waals surface area contributed by atoms with Crippen LogP contribution in [0.1, 0.15) is 433 Å². The van der Waals surface area contributed by atoms with E-state index in [1.165, 1.54) is 308 Å². The van der Waals surface area contributed by atoms with Crippen LogP contribution < -0.4 is 0 Å². The molecule has 0 heterocycles. The van der Waals surface area contributed by atoms with Gasteiger partial charge in [0.1, 0.15) is 0 Å². The second-order valence-electron chi connectivity index (χ2n) is 20.1. The van der Waals surface area contributed by atoms with Crippen molar-refractivity contribution in [3.05, 3.63) is 0 Å². The van der Waals surface area contributed by atoms with Gasteiger partial charge >= 0.3 is 0 Å². The van der Waals surface area contributed by atoms with Gasteiger partial charge in [-0.25, -0.2) is 0 Å². The van der Waals surface area contributed by atoms with Crippen molar-refractivity contribution >= 4 is 11.6 Å². The maximum Gasteiger partial charge on any atom is 0.0336 e. The molecule has 0 radical (unpaired) electrons. The zero-order valence-corrected chi connectivity index (χ0v) is 53.7. The highest BCUT2D eigenvalue weighted by atomic mass is 35.5. The Morgan fingerprint density at radius 3 is 0.382 bits per heavy atom. The first-order valence-electron chi connectivity index (χ1n) is 32.8. The van der Waals surface area contributed by atoms with Crippen molar-refractivity contribution in [1.29, 1.82) is 0 Å². The molecule has 0 N–H and O–H groups in total. The summed E-state index contributed by atoms with van der Waals surface area (Å²) in [5.74, 6) is 0. The molecule has 0 saturated carbocycles. The fraction of sp³-hybridized carbons (Fsp3) is 1.00. The second kappa shape index (κ2) is 112. The van der Waals surface area contributed by atoms with Crippen LogP contribution in [-0.2, 0) is 0 Å². The van der Waals surface area contributed by atoms with Crippen molar-refractivity contribution in [2.75, 3.05) is 0 Å². The second-order valence-corrected chi connectivity index (χ2v) is 20.7. The van der Waals surface area contributed by atoms with Crippen LogP contribution in [0.15, 0.2) is 0 Å². The Morgan fingerprint density at radius 1 is 0.147 bits per heavy atom. The molecule has 0 rings (SSSR count). The first-order chi connectivity index (χ1) is 33.1. The molecule has 0 aliphatic heterocycles. The molecule has 426 valence electrons. The van der Waals surface area contributed by atoms with Gasteiger partial charge in [-0.3, -0.25) is 0 Å². The van der Waals surface area contributed by atoms with E-state index in [-0.39, 0.29) is 0 Å². The van der Waals surface area contributed by atoms with E-state index in [0.29, 0.717) is 5.38 Å². The third-order valence-electron chi connectivity index (χ3n) is 11.9. The van der Waals surface area contributed by atoms with E-state index in [9.17, 15) is 0 Å². The lowest BCUT2D eigenvalue weighted by atomic mass is 10.1. The van der Waals surface area contributed by atoms with E-state index in [4.69, 9.17) is 11.6 Å². The SMILES string of the molecule is CCCCCCC.CCCCCCC.CCCCCCC.CCCCCCC.CCCCCCC.CCCCCCC.CCCCCCC.CCCCCCC.CCCCCCCC(Cl)CCC. The topological polar surface area (TPSA) is 0 Å². The van der Waals surface area contributed by atoms with Gasteiger partial charge < -0.3 is 0 Å². The first kappa shape index (κ1) is 88.0. The molecule has 0 aliphatic carbocycles. The zero-order valence-electron chi connectivity index (χ0n) is 52.9. The number of rotatable bonds is 40. The first-order valence-corrected chi connectivity index (χ1v) is 33.2. The van der Waals surface area contributed by atoms with Crippen LogP contribution in [0.2, 0.25) is 0 Å². The standard InChI is InChI=1S/C11H23Cl.8C7H16/c1-3-5-6-7-8-10-11(12)9-4-2;8*1-3-5-7-6-4-2/h11H,3-10H2,1-2H3;8*3-7H2,1-2H3. The van der Waals surface area contributed by atoms with Crippen molar-refractivity contribution < 1.29 is 0 Å². The molecule has 0 aliphatic rings. The van der Waals surface area contributed by atoms with E-state index in [1.807, 2.05) is 0 Å². The van der Waals surface area contributed by atoms with E-state index in [0.717, 1.165) is 0 Å². The molecular formula is C67H151Cl. The smallest absolute Gasteiger partial charge is 0.0336 e. The molecular weight excluding hydrogens is 840 g/mol. The largest absolute Gasteiger partial charge is 0.123 e. The predicted octanol–water partition coefficient (Wildman–Crippen LogP) is 28.6. The molecule has 1 unspecified atom stereocenters. The van der Waals surface area contributed by atoms with E-state index >= 15 is 0 Å². The summed E-state index contributed by atoms with van der Waals surface area (Å²) in [4.78, 5) is 0. The molecule has 68 heavy (non-hydrogen) atoms. The Hall–Kier alpha value is 0.290. The van der Waals surface area contributed by atoms with E-state index < -0.39 is 0 Å². The predicted molar refractivity (Wildman–Crippen MR) is 333 cm³/mol. The third-order valence-corrected chi connectivity index (χ3v) is 12.3. The highest BCUT2D eigenvalue weighted by Crippen LogP contribution is 2.15. The number of alkyl halides is 1. The zero-order chi connectivity index (χ0) is 53.5. The molecule has 0 nitrogen and oxygen atoms in total. The van der Waals surface area contributed by atoms with Crippen LogP contribution in [-0.4, -0.2) is 5.38 Å². The average molecular weight is 992 g/mol. The van der Waals surface area contributed by atoms with Crippen LogP contribution in [0.25, 0.3) is 0 Å². The summed E-state index contributed by atoms with van der Waals surface area (Å²) in [6.07, 6.45) is 66.5. The molecule has 0 aromatic carbocycles. The molecule has 0 amide bonds. The van der Waals surface area contributed by atoms with Crippen molar-refractivity contribution in [3.8, 4) is 0 Å². The fourth-order valence-corrected chi connectivity index (χ4v) is 7.21. The van der Waals surface area contributed by atoms with Crippen LogP contribution in [0.3, 0.4) is 0 Å². The molecule has 1 atom stereocenters. The minimum atomic E-state index is 0.441. The van der Waals surface area contributed by atoms with Crippen molar-refractivity contribution in [2.24, 2.45) is 0 Å². The lowest BCUT2D eigenvalue weighted by Crippen LogP contribution is -1.96. The Kier molecular flexibility index (Phi) is 145. The van der Waals surface area contributed by atoms with Gasteiger partial charge in [0.25, 0.3) is 0 Å². The molecule has 0 aromatic heterocycles. The van der Waals surface area contributed by atoms with Gasteiger partial charge in [0.15, 0.2) is 0 Å². The summed E-state index contributed by atoms with van der Waals surface area (Å²) >= 11 is 6.09. The maximum atomic E-state index is 6.09. The van der Waals surface area contributed by atoms with Gasteiger partial charge in [-0.05, 0) is 12.8 Å². The number of hydrogen-bond donors (Lipinski definition) is 0.